The topological polar surface area (TPSA) is 88.2 Å². The van der Waals surface area contributed by atoms with Gasteiger partial charge in [0, 0.05) is 38.3 Å². The lowest BCUT2D eigenvalue weighted by Crippen LogP contribution is -2.41. The fourth-order valence-electron chi connectivity index (χ4n) is 3.84. The maximum absolute atomic E-state index is 12.7. The van der Waals surface area contributed by atoms with Gasteiger partial charge < -0.3 is 14.8 Å². The molecule has 8 heteroatoms. The Hall–Kier alpha value is -2.29. The highest BCUT2D eigenvalue weighted by molar-refractivity contribution is 6.22. The van der Waals surface area contributed by atoms with Crippen molar-refractivity contribution in [1.29, 1.82) is 0 Å². The number of imide groups is 1. The lowest BCUT2D eigenvalue weighted by Gasteiger charge is -2.26. The molecular weight excluding hydrogens is 362 g/mol. The summed E-state index contributed by atoms with van der Waals surface area (Å²) in [4.78, 5) is 41.2. The molecule has 4 rings (SSSR count). The van der Waals surface area contributed by atoms with Gasteiger partial charge in [-0.2, -0.15) is 0 Å². The first-order valence-corrected chi connectivity index (χ1v) is 9.83. The zero-order valence-corrected chi connectivity index (χ0v) is 15.8. The maximum atomic E-state index is 12.7. The zero-order valence-electron chi connectivity index (χ0n) is 15.8. The van der Waals surface area contributed by atoms with Gasteiger partial charge >= 0.3 is 0 Å². The summed E-state index contributed by atoms with van der Waals surface area (Å²) in [5, 5.41) is 2.88. The number of hydrogen-bond acceptors (Lipinski definition) is 6. The van der Waals surface area contributed by atoms with E-state index in [9.17, 15) is 14.4 Å². The Morgan fingerprint density at radius 3 is 2.64 bits per heavy atom. The lowest BCUT2D eigenvalue weighted by molar-refractivity contribution is 0.0383. The number of nitrogens with one attached hydrogen (secondary N) is 1. The molecule has 3 heterocycles. The van der Waals surface area contributed by atoms with E-state index in [0.29, 0.717) is 29.8 Å². The summed E-state index contributed by atoms with van der Waals surface area (Å²) in [7, 11) is 0. The summed E-state index contributed by atoms with van der Waals surface area (Å²) < 4.78 is 10.9. The highest BCUT2D eigenvalue weighted by Gasteiger charge is 2.37. The van der Waals surface area contributed by atoms with Crippen LogP contribution in [0.4, 0.5) is 0 Å². The van der Waals surface area contributed by atoms with E-state index in [1.807, 2.05) is 0 Å². The SMILES string of the molecule is O=C(NCCN1CCOCC1)c1ccc2c(c1)C(=O)N(CC1CCCO1)C2=O. The largest absolute Gasteiger partial charge is 0.379 e. The van der Waals surface area contributed by atoms with Gasteiger partial charge in [0.15, 0.2) is 0 Å². The van der Waals surface area contributed by atoms with Crippen LogP contribution in [0.3, 0.4) is 0 Å². The number of carbonyl (C=O) groups is 3. The van der Waals surface area contributed by atoms with Gasteiger partial charge in [0.05, 0.1) is 37.0 Å². The number of carbonyl (C=O) groups excluding carboxylic acids is 3. The predicted octanol–water partition coefficient (Wildman–Crippen LogP) is 0.524. The second kappa shape index (κ2) is 8.38. The molecule has 28 heavy (non-hydrogen) atoms. The van der Waals surface area contributed by atoms with Crippen LogP contribution in [0.25, 0.3) is 0 Å². The fraction of sp³-hybridized carbons (Fsp3) is 0.550. The van der Waals surface area contributed by atoms with Crippen LogP contribution in [0.5, 0.6) is 0 Å². The molecule has 1 unspecified atom stereocenters. The molecule has 2 saturated heterocycles. The summed E-state index contributed by atoms with van der Waals surface area (Å²) in [5.74, 6) is -0.901. The third kappa shape index (κ3) is 3.94. The molecule has 1 N–H and O–H groups in total. The van der Waals surface area contributed by atoms with E-state index in [4.69, 9.17) is 9.47 Å². The van der Waals surface area contributed by atoms with Crippen LogP contribution in [0.2, 0.25) is 0 Å². The molecule has 3 aliphatic rings. The molecule has 0 radical (unpaired) electrons. The van der Waals surface area contributed by atoms with Gasteiger partial charge in [0.25, 0.3) is 17.7 Å². The second-order valence-corrected chi connectivity index (χ2v) is 7.33. The molecule has 8 nitrogen and oxygen atoms in total. The van der Waals surface area contributed by atoms with Crippen molar-refractivity contribution < 1.29 is 23.9 Å². The number of nitrogens with zero attached hydrogens (tertiary/aromatic N) is 2. The van der Waals surface area contributed by atoms with Crippen molar-refractivity contribution in [2.75, 3.05) is 52.5 Å². The molecule has 1 atom stereocenters. The minimum atomic E-state index is -0.349. The van der Waals surface area contributed by atoms with Gasteiger partial charge in [0.1, 0.15) is 0 Å². The van der Waals surface area contributed by atoms with Crippen LogP contribution in [0, 0.1) is 0 Å². The highest BCUT2D eigenvalue weighted by Crippen LogP contribution is 2.26. The van der Waals surface area contributed by atoms with E-state index in [2.05, 4.69) is 10.2 Å². The molecule has 2 fully saturated rings. The molecule has 0 saturated carbocycles. The van der Waals surface area contributed by atoms with Gasteiger partial charge in [-0.3, -0.25) is 24.2 Å². The first-order chi connectivity index (χ1) is 13.6. The Balaban J connectivity index is 1.37. The summed E-state index contributed by atoms with van der Waals surface area (Å²) in [6.07, 6.45) is 1.71. The second-order valence-electron chi connectivity index (χ2n) is 7.33. The normalized spacial score (nSPS) is 22.6. The number of ether oxygens (including phenoxy) is 2. The number of morpholine rings is 1. The summed E-state index contributed by atoms with van der Waals surface area (Å²) in [5.41, 5.74) is 1.04. The Morgan fingerprint density at radius 1 is 1.11 bits per heavy atom. The number of hydrogen-bond donors (Lipinski definition) is 1. The van der Waals surface area contributed by atoms with E-state index in [1.165, 1.54) is 11.0 Å². The lowest BCUT2D eigenvalue weighted by atomic mass is 10.1. The monoisotopic (exact) mass is 387 g/mol. The molecule has 1 aromatic carbocycles. The highest BCUT2D eigenvalue weighted by atomic mass is 16.5. The van der Waals surface area contributed by atoms with Gasteiger partial charge in [0.2, 0.25) is 0 Å². The smallest absolute Gasteiger partial charge is 0.261 e. The minimum absolute atomic E-state index is 0.0924. The van der Waals surface area contributed by atoms with Crippen molar-refractivity contribution in [2.24, 2.45) is 0 Å². The van der Waals surface area contributed by atoms with Gasteiger partial charge in [-0.05, 0) is 31.0 Å². The summed E-state index contributed by atoms with van der Waals surface area (Å²) in [6.45, 7) is 5.39. The van der Waals surface area contributed by atoms with Crippen molar-refractivity contribution in [2.45, 2.75) is 18.9 Å². The first kappa shape index (κ1) is 19.0. The molecule has 150 valence electrons. The van der Waals surface area contributed by atoms with E-state index < -0.39 is 0 Å². The van der Waals surface area contributed by atoms with Crippen molar-refractivity contribution in [3.63, 3.8) is 0 Å². The summed E-state index contributed by atoms with van der Waals surface area (Å²) >= 11 is 0. The molecule has 1 aromatic rings. The van der Waals surface area contributed by atoms with Gasteiger partial charge in [-0.15, -0.1) is 0 Å². The van der Waals surface area contributed by atoms with Crippen LogP contribution in [-0.2, 0) is 9.47 Å². The van der Waals surface area contributed by atoms with Crippen LogP contribution in [-0.4, -0.2) is 86.2 Å². The van der Waals surface area contributed by atoms with E-state index >= 15 is 0 Å². The third-order valence-electron chi connectivity index (χ3n) is 5.46. The molecule has 0 aliphatic carbocycles. The Labute approximate surface area is 163 Å². The number of amides is 3. The van der Waals surface area contributed by atoms with Gasteiger partial charge in [-0.1, -0.05) is 0 Å². The molecule has 3 amide bonds. The standard InChI is InChI=1S/C20H25N3O5/c24-18(21-5-6-22-7-10-27-11-8-22)14-3-4-16-17(12-14)20(26)23(19(16)25)13-15-2-1-9-28-15/h3-4,12,15H,1-2,5-11,13H2,(H,21,24). The van der Waals surface area contributed by atoms with Crippen LogP contribution in [0.15, 0.2) is 18.2 Å². The van der Waals surface area contributed by atoms with E-state index in [0.717, 1.165) is 45.7 Å². The van der Waals surface area contributed by atoms with Crippen LogP contribution >= 0.6 is 0 Å². The number of rotatable bonds is 6. The third-order valence-corrected chi connectivity index (χ3v) is 5.46. The quantitative estimate of drug-likeness (QED) is 0.716. The van der Waals surface area contributed by atoms with E-state index in [1.54, 1.807) is 12.1 Å². The number of benzene rings is 1. The molecular formula is C20H25N3O5. The fourth-order valence-corrected chi connectivity index (χ4v) is 3.84. The molecule has 3 aliphatic heterocycles. The number of fused-ring (bicyclic) bond motifs is 1. The van der Waals surface area contributed by atoms with Crippen molar-refractivity contribution in [3.8, 4) is 0 Å². The average Bonchev–Trinajstić information content (AvgIpc) is 3.32. The van der Waals surface area contributed by atoms with Crippen molar-refractivity contribution >= 4 is 17.7 Å². The predicted molar refractivity (Wildman–Crippen MR) is 100 cm³/mol. The molecule has 0 spiro atoms. The Bertz CT molecular complexity index is 769. The zero-order chi connectivity index (χ0) is 19.5. The van der Waals surface area contributed by atoms with Crippen LogP contribution < -0.4 is 5.32 Å². The van der Waals surface area contributed by atoms with Crippen molar-refractivity contribution in [1.82, 2.24) is 15.1 Å². The Kier molecular flexibility index (Phi) is 5.70. The first-order valence-electron chi connectivity index (χ1n) is 9.83. The van der Waals surface area contributed by atoms with E-state index in [-0.39, 0.29) is 30.4 Å². The molecule has 0 bridgehead atoms. The Morgan fingerprint density at radius 2 is 1.89 bits per heavy atom. The average molecular weight is 387 g/mol. The van der Waals surface area contributed by atoms with Crippen molar-refractivity contribution in [3.05, 3.63) is 34.9 Å². The minimum Gasteiger partial charge on any atom is -0.379 e. The molecule has 0 aromatic heterocycles. The van der Waals surface area contributed by atoms with Crippen LogP contribution in [0.1, 0.15) is 43.9 Å². The maximum Gasteiger partial charge on any atom is 0.261 e. The summed E-state index contributed by atoms with van der Waals surface area (Å²) in [6, 6.07) is 4.70. The van der Waals surface area contributed by atoms with Gasteiger partial charge in [-0.25, -0.2) is 0 Å².